The van der Waals surface area contributed by atoms with E-state index < -0.39 is 0 Å². The fourth-order valence-electron chi connectivity index (χ4n) is 3.77. The first kappa shape index (κ1) is 22.9. The quantitative estimate of drug-likeness (QED) is 0.576. The predicted octanol–water partition coefficient (Wildman–Crippen LogP) is 4.48. The summed E-state index contributed by atoms with van der Waals surface area (Å²) in [7, 11) is 0. The molecule has 0 aromatic rings. The maximum Gasteiger partial charge on any atom is 0.0431 e. The van der Waals surface area contributed by atoms with Crippen LogP contribution in [-0.2, 0) is 0 Å². The molecule has 0 atom stereocenters. The first-order chi connectivity index (χ1) is 10.9. The fourth-order valence-corrected chi connectivity index (χ4v) is 3.77. The van der Waals surface area contributed by atoms with Crippen LogP contribution in [0.4, 0.5) is 0 Å². The van der Waals surface area contributed by atoms with E-state index in [1.165, 1.54) is 77.3 Å². The smallest absolute Gasteiger partial charge is 0.0431 e. The molecule has 23 heavy (non-hydrogen) atoms. The molecule has 0 aromatic carbocycles. The highest BCUT2D eigenvalue weighted by atomic mass is 16.2. The number of aliphatic hydroxyl groups is 1. The Hall–Kier alpha value is -0.120. The molecule has 1 heterocycles. The van der Waals surface area contributed by atoms with Crippen molar-refractivity contribution in [2.75, 3.05) is 26.2 Å². The molecule has 0 spiro atoms. The summed E-state index contributed by atoms with van der Waals surface area (Å²) in [6, 6.07) is 0. The molecule has 4 N–H and O–H groups in total. The standard InChI is InChI=1S/C14H27N.C5H13NO.CH4/c1-2-5-13(6-3-1)7-4-8-14-9-11-15-12-10-14;6-4-2-1-3-5-7;/h13-15H,1-12H2;7H,1-6H2;1H4. The molecule has 0 bridgehead atoms. The van der Waals surface area contributed by atoms with Crippen molar-refractivity contribution < 1.29 is 5.11 Å². The van der Waals surface area contributed by atoms with Crippen LogP contribution in [0.3, 0.4) is 0 Å². The van der Waals surface area contributed by atoms with Crippen LogP contribution in [0, 0.1) is 11.8 Å². The van der Waals surface area contributed by atoms with E-state index in [-0.39, 0.29) is 7.43 Å². The van der Waals surface area contributed by atoms with Crippen LogP contribution in [0.5, 0.6) is 0 Å². The van der Waals surface area contributed by atoms with Crippen LogP contribution in [0.25, 0.3) is 0 Å². The zero-order chi connectivity index (χ0) is 15.9. The van der Waals surface area contributed by atoms with Crippen LogP contribution in [0.15, 0.2) is 0 Å². The zero-order valence-electron chi connectivity index (χ0n) is 14.7. The normalized spacial score (nSPS) is 19.6. The van der Waals surface area contributed by atoms with Gasteiger partial charge in [-0.05, 0) is 63.6 Å². The van der Waals surface area contributed by atoms with Gasteiger partial charge in [0.2, 0.25) is 0 Å². The fraction of sp³-hybridized carbons (Fsp3) is 1.00. The summed E-state index contributed by atoms with van der Waals surface area (Å²) in [5.74, 6) is 2.15. The van der Waals surface area contributed by atoms with E-state index in [0.717, 1.165) is 37.6 Å². The zero-order valence-corrected chi connectivity index (χ0v) is 14.7. The summed E-state index contributed by atoms with van der Waals surface area (Å²) in [6.45, 7) is 3.60. The van der Waals surface area contributed by atoms with Crippen molar-refractivity contribution in [2.45, 2.75) is 90.9 Å². The lowest BCUT2D eigenvalue weighted by atomic mass is 9.84. The number of hydrogen-bond acceptors (Lipinski definition) is 3. The minimum Gasteiger partial charge on any atom is -0.396 e. The van der Waals surface area contributed by atoms with Crippen molar-refractivity contribution in [3.8, 4) is 0 Å². The van der Waals surface area contributed by atoms with E-state index in [4.69, 9.17) is 10.8 Å². The van der Waals surface area contributed by atoms with Crippen molar-refractivity contribution in [2.24, 2.45) is 17.6 Å². The molecule has 3 heteroatoms. The number of hydrogen-bond donors (Lipinski definition) is 3. The molecule has 0 radical (unpaired) electrons. The Morgan fingerprint density at radius 3 is 1.96 bits per heavy atom. The summed E-state index contributed by atoms with van der Waals surface area (Å²) >= 11 is 0. The molecule has 2 fully saturated rings. The molecule has 140 valence electrons. The second kappa shape index (κ2) is 16.7. The SMILES string of the molecule is C.C1CCC(CCCC2CCNCC2)CC1.NCCCCCO. The second-order valence-corrected chi connectivity index (χ2v) is 7.20. The molecule has 3 nitrogen and oxygen atoms in total. The van der Waals surface area contributed by atoms with E-state index >= 15 is 0 Å². The third-order valence-electron chi connectivity index (χ3n) is 5.27. The lowest BCUT2D eigenvalue weighted by molar-refractivity contribution is 0.283. The average molecular weight is 329 g/mol. The lowest BCUT2D eigenvalue weighted by Gasteiger charge is -2.25. The maximum absolute atomic E-state index is 8.25. The summed E-state index contributed by atoms with van der Waals surface area (Å²) in [5, 5.41) is 11.7. The van der Waals surface area contributed by atoms with Crippen molar-refractivity contribution in [1.82, 2.24) is 5.32 Å². The van der Waals surface area contributed by atoms with Crippen LogP contribution in [-0.4, -0.2) is 31.3 Å². The predicted molar refractivity (Wildman–Crippen MR) is 103 cm³/mol. The van der Waals surface area contributed by atoms with Gasteiger partial charge in [-0.3, -0.25) is 0 Å². The molecule has 1 aliphatic carbocycles. The molecular weight excluding hydrogens is 284 g/mol. The van der Waals surface area contributed by atoms with Gasteiger partial charge in [-0.15, -0.1) is 0 Å². The third-order valence-corrected chi connectivity index (χ3v) is 5.27. The number of rotatable bonds is 8. The topological polar surface area (TPSA) is 58.3 Å². The molecular formula is C20H44N2O. The average Bonchev–Trinajstić information content (AvgIpc) is 2.58. The van der Waals surface area contributed by atoms with Crippen LogP contribution >= 0.6 is 0 Å². The number of unbranched alkanes of at least 4 members (excludes halogenated alkanes) is 2. The molecule has 2 rings (SSSR count). The maximum atomic E-state index is 8.25. The Kier molecular flexibility index (Phi) is 16.6. The van der Waals surface area contributed by atoms with Gasteiger partial charge in [0.05, 0.1) is 0 Å². The Morgan fingerprint density at radius 2 is 1.39 bits per heavy atom. The molecule has 1 saturated carbocycles. The highest BCUT2D eigenvalue weighted by Crippen LogP contribution is 2.29. The largest absolute Gasteiger partial charge is 0.396 e. The monoisotopic (exact) mass is 328 g/mol. The second-order valence-electron chi connectivity index (χ2n) is 7.20. The summed E-state index contributed by atoms with van der Waals surface area (Å²) in [6.07, 6.45) is 18.0. The highest BCUT2D eigenvalue weighted by molar-refractivity contribution is 4.70. The van der Waals surface area contributed by atoms with Gasteiger partial charge in [0.15, 0.2) is 0 Å². The van der Waals surface area contributed by atoms with Gasteiger partial charge in [-0.25, -0.2) is 0 Å². The minimum atomic E-state index is 0. The molecule has 0 unspecified atom stereocenters. The number of nitrogens with two attached hydrogens (primary N) is 1. The highest BCUT2D eigenvalue weighted by Gasteiger charge is 2.15. The molecule has 1 aliphatic heterocycles. The van der Waals surface area contributed by atoms with Crippen molar-refractivity contribution in [3.63, 3.8) is 0 Å². The van der Waals surface area contributed by atoms with Crippen molar-refractivity contribution in [1.29, 1.82) is 0 Å². The van der Waals surface area contributed by atoms with Gasteiger partial charge >= 0.3 is 0 Å². The minimum absolute atomic E-state index is 0. The van der Waals surface area contributed by atoms with Crippen LogP contribution in [0.1, 0.15) is 90.9 Å². The van der Waals surface area contributed by atoms with Crippen LogP contribution in [0.2, 0.25) is 0 Å². The van der Waals surface area contributed by atoms with Crippen LogP contribution < -0.4 is 11.1 Å². The van der Waals surface area contributed by atoms with Gasteiger partial charge in [-0.2, -0.15) is 0 Å². The van der Waals surface area contributed by atoms with Gasteiger partial charge in [-0.1, -0.05) is 58.8 Å². The Balaban J connectivity index is 0.000000522. The Bertz CT molecular complexity index is 202. The van der Waals surface area contributed by atoms with E-state index in [2.05, 4.69) is 5.32 Å². The van der Waals surface area contributed by atoms with Gasteiger partial charge in [0, 0.05) is 6.61 Å². The van der Waals surface area contributed by atoms with E-state index in [0.29, 0.717) is 6.61 Å². The van der Waals surface area contributed by atoms with E-state index in [1.807, 2.05) is 0 Å². The summed E-state index contributed by atoms with van der Waals surface area (Å²) < 4.78 is 0. The summed E-state index contributed by atoms with van der Waals surface area (Å²) in [4.78, 5) is 0. The van der Waals surface area contributed by atoms with E-state index in [1.54, 1.807) is 0 Å². The molecule has 0 amide bonds. The number of nitrogens with one attached hydrogen (secondary N) is 1. The van der Waals surface area contributed by atoms with E-state index in [9.17, 15) is 0 Å². The molecule has 1 saturated heterocycles. The Labute approximate surface area is 145 Å². The van der Waals surface area contributed by atoms with Gasteiger partial charge in [0.25, 0.3) is 0 Å². The number of aliphatic hydroxyl groups excluding tert-OH is 1. The first-order valence-electron chi connectivity index (χ1n) is 9.88. The van der Waals surface area contributed by atoms with Crippen molar-refractivity contribution >= 4 is 0 Å². The number of piperidine rings is 1. The molecule has 0 aromatic heterocycles. The Morgan fingerprint density at radius 1 is 0.783 bits per heavy atom. The van der Waals surface area contributed by atoms with Gasteiger partial charge in [0.1, 0.15) is 0 Å². The molecule has 2 aliphatic rings. The summed E-state index contributed by atoms with van der Waals surface area (Å²) in [5.41, 5.74) is 5.19. The third kappa shape index (κ3) is 12.9. The van der Waals surface area contributed by atoms with Gasteiger partial charge < -0.3 is 16.2 Å². The first-order valence-corrected chi connectivity index (χ1v) is 9.88. The van der Waals surface area contributed by atoms with Crippen molar-refractivity contribution in [3.05, 3.63) is 0 Å². The lowest BCUT2D eigenvalue weighted by Crippen LogP contribution is -2.27.